The molecule has 0 amide bonds. The number of unbranched alkanes of at least 4 members (excludes halogenated alkanes) is 11. The summed E-state index contributed by atoms with van der Waals surface area (Å²) < 4.78 is 10.6. The summed E-state index contributed by atoms with van der Waals surface area (Å²) in [5.74, 6) is -0.667. The van der Waals surface area contributed by atoms with Gasteiger partial charge < -0.3 is 14.6 Å². The Kier molecular flexibility index (Phi) is 38.7. The van der Waals surface area contributed by atoms with E-state index < -0.39 is 6.10 Å². The highest BCUT2D eigenvalue weighted by Gasteiger charge is 2.16. The summed E-state index contributed by atoms with van der Waals surface area (Å²) in [6.45, 7) is 3.94. The molecule has 0 bridgehead atoms. The molecule has 0 aliphatic carbocycles. The molecular formula is C46H74O5. The van der Waals surface area contributed by atoms with Crippen molar-refractivity contribution < 1.29 is 24.2 Å². The lowest BCUT2D eigenvalue weighted by Gasteiger charge is -2.15. The zero-order valence-electron chi connectivity index (χ0n) is 32.6. The van der Waals surface area contributed by atoms with Gasteiger partial charge in [0.2, 0.25) is 0 Å². The number of esters is 2. The summed E-state index contributed by atoms with van der Waals surface area (Å²) >= 11 is 0. The Morgan fingerprint density at radius 2 is 0.843 bits per heavy atom. The number of carbonyl (C=O) groups is 2. The van der Waals surface area contributed by atoms with Crippen LogP contribution in [0.4, 0.5) is 0 Å². The van der Waals surface area contributed by atoms with Crippen molar-refractivity contribution in [2.24, 2.45) is 0 Å². The third kappa shape index (κ3) is 39.5. The van der Waals surface area contributed by atoms with E-state index in [9.17, 15) is 14.7 Å². The average Bonchev–Trinajstić information content (AvgIpc) is 3.13. The molecule has 0 saturated carbocycles. The smallest absolute Gasteiger partial charge is 0.306 e. The van der Waals surface area contributed by atoms with E-state index in [0.717, 1.165) is 96.3 Å². The van der Waals surface area contributed by atoms with E-state index in [1.165, 1.54) is 38.5 Å². The minimum absolute atomic E-state index is 0.0972. The van der Waals surface area contributed by atoms with Crippen molar-refractivity contribution in [2.75, 3.05) is 13.2 Å². The second kappa shape index (κ2) is 41.2. The number of ether oxygens (including phenoxy) is 2. The third-order valence-electron chi connectivity index (χ3n) is 8.11. The Labute approximate surface area is 313 Å². The quantitative estimate of drug-likeness (QED) is 0.0403. The maximum atomic E-state index is 12.2. The fraction of sp³-hybridized carbons (Fsp3) is 0.609. The predicted octanol–water partition coefficient (Wildman–Crippen LogP) is 12.9. The van der Waals surface area contributed by atoms with Crippen LogP contribution >= 0.6 is 0 Å². The second-order valence-electron chi connectivity index (χ2n) is 13.0. The molecule has 0 heterocycles. The first-order valence-electron chi connectivity index (χ1n) is 20.3. The lowest BCUT2D eigenvalue weighted by atomic mass is 10.1. The minimum Gasteiger partial charge on any atom is -0.462 e. The number of aliphatic hydroxyl groups excluding tert-OH is 1. The molecule has 0 radical (unpaired) electrons. The van der Waals surface area contributed by atoms with Crippen LogP contribution in [0, 0.1) is 0 Å². The molecule has 0 spiro atoms. The van der Waals surface area contributed by atoms with Crippen molar-refractivity contribution in [1.82, 2.24) is 0 Å². The van der Waals surface area contributed by atoms with Crippen LogP contribution in [0.5, 0.6) is 0 Å². The molecule has 0 aromatic heterocycles. The normalized spacial score (nSPS) is 13.2. The fourth-order valence-corrected chi connectivity index (χ4v) is 5.06. The Morgan fingerprint density at radius 1 is 0.471 bits per heavy atom. The summed E-state index contributed by atoms with van der Waals surface area (Å²) in [7, 11) is 0. The molecule has 0 saturated heterocycles. The molecule has 51 heavy (non-hydrogen) atoms. The first-order chi connectivity index (χ1) is 25.1. The fourth-order valence-electron chi connectivity index (χ4n) is 5.06. The molecule has 0 aliphatic rings. The standard InChI is InChI=1S/C46H74O5/c1-3-5-7-9-11-13-15-17-19-21-22-23-24-25-27-29-31-33-35-37-39-41-46(49)51-44(42-47)43-50-45(48)40-38-36-34-32-30-28-26-20-18-16-14-12-10-8-6-4-2/h5,7,11,13-14,16-17,19-20,22-23,25-27,31,33,44,47H,3-4,6,8-10,12,15,18,21,24,28-30,32,34-43H2,1-2H3/b7-5-,13-11-,16-14-,19-17-,23-22-,26-20-,27-25-,33-31-. The van der Waals surface area contributed by atoms with E-state index in [2.05, 4.69) is 111 Å². The summed E-state index contributed by atoms with van der Waals surface area (Å²) in [5, 5.41) is 9.56. The van der Waals surface area contributed by atoms with Gasteiger partial charge in [-0.3, -0.25) is 9.59 Å². The van der Waals surface area contributed by atoms with Gasteiger partial charge in [0.15, 0.2) is 6.10 Å². The van der Waals surface area contributed by atoms with Gasteiger partial charge in [0.05, 0.1) is 6.61 Å². The number of rotatable bonds is 35. The van der Waals surface area contributed by atoms with E-state index in [1.807, 2.05) is 0 Å². The van der Waals surface area contributed by atoms with Gasteiger partial charge in [0, 0.05) is 12.8 Å². The molecule has 0 rings (SSSR count). The maximum Gasteiger partial charge on any atom is 0.306 e. The van der Waals surface area contributed by atoms with Gasteiger partial charge in [-0.25, -0.2) is 0 Å². The number of aliphatic hydroxyl groups is 1. The summed E-state index contributed by atoms with van der Waals surface area (Å²) in [6, 6.07) is 0. The zero-order valence-corrected chi connectivity index (χ0v) is 32.6. The van der Waals surface area contributed by atoms with E-state index in [0.29, 0.717) is 12.8 Å². The summed E-state index contributed by atoms with van der Waals surface area (Å²) in [4.78, 5) is 24.3. The van der Waals surface area contributed by atoms with Crippen molar-refractivity contribution in [3.63, 3.8) is 0 Å². The number of hydrogen-bond donors (Lipinski definition) is 1. The van der Waals surface area contributed by atoms with Gasteiger partial charge in [-0.1, -0.05) is 150 Å². The lowest BCUT2D eigenvalue weighted by molar-refractivity contribution is -0.161. The topological polar surface area (TPSA) is 72.8 Å². The number of carbonyl (C=O) groups excluding carboxylic acids is 2. The molecule has 288 valence electrons. The van der Waals surface area contributed by atoms with E-state index >= 15 is 0 Å². The van der Waals surface area contributed by atoms with Crippen molar-refractivity contribution >= 4 is 11.9 Å². The van der Waals surface area contributed by atoms with Crippen molar-refractivity contribution in [1.29, 1.82) is 0 Å². The summed E-state index contributed by atoms with van der Waals surface area (Å²) in [6.07, 6.45) is 57.5. The van der Waals surface area contributed by atoms with Crippen molar-refractivity contribution in [3.05, 3.63) is 97.2 Å². The van der Waals surface area contributed by atoms with Crippen molar-refractivity contribution in [3.8, 4) is 0 Å². The average molecular weight is 707 g/mol. The highest BCUT2D eigenvalue weighted by molar-refractivity contribution is 5.70. The van der Waals surface area contributed by atoms with Crippen LogP contribution < -0.4 is 0 Å². The van der Waals surface area contributed by atoms with Crippen LogP contribution in [0.2, 0.25) is 0 Å². The van der Waals surface area contributed by atoms with E-state index in [4.69, 9.17) is 9.47 Å². The molecule has 1 atom stereocenters. The van der Waals surface area contributed by atoms with Gasteiger partial charge in [0.25, 0.3) is 0 Å². The molecule has 0 fully saturated rings. The molecule has 5 heteroatoms. The Hall–Kier alpha value is -3.18. The van der Waals surface area contributed by atoms with Crippen LogP contribution in [0.15, 0.2) is 97.2 Å². The molecule has 0 aromatic carbocycles. The van der Waals surface area contributed by atoms with Crippen LogP contribution in [0.1, 0.15) is 162 Å². The van der Waals surface area contributed by atoms with Crippen LogP contribution in [0.3, 0.4) is 0 Å². The monoisotopic (exact) mass is 707 g/mol. The highest BCUT2D eigenvalue weighted by atomic mass is 16.6. The van der Waals surface area contributed by atoms with E-state index in [1.54, 1.807) is 0 Å². The van der Waals surface area contributed by atoms with Crippen LogP contribution in [-0.2, 0) is 19.1 Å². The second-order valence-corrected chi connectivity index (χ2v) is 13.0. The van der Waals surface area contributed by atoms with Crippen LogP contribution in [-0.4, -0.2) is 36.4 Å². The lowest BCUT2D eigenvalue weighted by Crippen LogP contribution is -2.28. The Balaban J connectivity index is 3.72. The zero-order chi connectivity index (χ0) is 37.1. The van der Waals surface area contributed by atoms with Gasteiger partial charge in [0.1, 0.15) is 6.61 Å². The SMILES string of the molecule is CC/C=C\C/C=C\C/C=C\C/C=C\C/C=C\C/C=C\CCCCC(=O)OC(CO)COC(=O)CCCCCCC/C=C\C/C=C\CCCCCC. The highest BCUT2D eigenvalue weighted by Crippen LogP contribution is 2.10. The van der Waals surface area contributed by atoms with Gasteiger partial charge >= 0.3 is 11.9 Å². The van der Waals surface area contributed by atoms with Crippen LogP contribution in [0.25, 0.3) is 0 Å². The Morgan fingerprint density at radius 3 is 1.31 bits per heavy atom. The number of hydrogen-bond acceptors (Lipinski definition) is 5. The summed E-state index contributed by atoms with van der Waals surface area (Å²) in [5.41, 5.74) is 0. The van der Waals surface area contributed by atoms with Gasteiger partial charge in [-0.05, 0) is 96.3 Å². The predicted molar refractivity (Wildman–Crippen MR) is 219 cm³/mol. The third-order valence-corrected chi connectivity index (χ3v) is 8.11. The number of allylic oxidation sites excluding steroid dienone is 16. The Bertz CT molecular complexity index is 1030. The maximum absolute atomic E-state index is 12.2. The molecular weight excluding hydrogens is 633 g/mol. The molecule has 5 nitrogen and oxygen atoms in total. The van der Waals surface area contributed by atoms with Crippen molar-refractivity contribution in [2.45, 2.75) is 168 Å². The van der Waals surface area contributed by atoms with Gasteiger partial charge in [-0.15, -0.1) is 0 Å². The largest absolute Gasteiger partial charge is 0.462 e. The minimum atomic E-state index is -0.806. The molecule has 0 aromatic rings. The first-order valence-corrected chi connectivity index (χ1v) is 20.3. The first kappa shape index (κ1) is 47.8. The molecule has 1 unspecified atom stereocenters. The van der Waals surface area contributed by atoms with E-state index in [-0.39, 0.29) is 25.2 Å². The molecule has 1 N–H and O–H groups in total. The van der Waals surface area contributed by atoms with Gasteiger partial charge in [-0.2, -0.15) is 0 Å². The molecule has 0 aliphatic heterocycles.